The van der Waals surface area contributed by atoms with Gasteiger partial charge in [0.05, 0.1) is 6.61 Å². The maximum atomic E-state index is 12.1. The first-order valence-electron chi connectivity index (χ1n) is 5.52. The Balaban J connectivity index is 2.74. The van der Waals surface area contributed by atoms with Crippen LogP contribution in [0.5, 0.6) is 0 Å². The Kier molecular flexibility index (Phi) is 5.71. The smallest absolute Gasteiger partial charge is 0.388 e. The topological polar surface area (TPSA) is 163 Å². The summed E-state index contributed by atoms with van der Waals surface area (Å²) in [5, 5.41) is 29.8. The Morgan fingerprint density at radius 2 is 1.77 bits per heavy atom. The molecule has 1 aliphatic heterocycles. The molecule has 5 atom stereocenters. The molecule has 22 heavy (non-hydrogen) atoms. The molecule has 1 amide bonds. The third kappa shape index (κ3) is 5.01. The standard InChI is InChI=1S/C8H12F3NO9S/c9-8(10,11)7(16)12-3-5(14)4(13)2(21-6(3)15)1-20-22(17,18)19/h2-6,13-15H,1H2,(H,12,16)(H,17,18,19)/t2?,3?,4-,5-,6-/m1/s1. The maximum Gasteiger partial charge on any atom is 0.471 e. The molecule has 1 heterocycles. The third-order valence-electron chi connectivity index (χ3n) is 2.66. The van der Waals surface area contributed by atoms with Gasteiger partial charge in [0.15, 0.2) is 6.29 Å². The molecule has 14 heteroatoms. The monoisotopic (exact) mass is 355 g/mol. The Labute approximate surface area is 121 Å². The number of hydrogen-bond acceptors (Lipinski definition) is 8. The molecule has 0 aromatic carbocycles. The van der Waals surface area contributed by atoms with E-state index in [1.165, 1.54) is 5.32 Å². The summed E-state index contributed by atoms with van der Waals surface area (Å²) in [6.07, 6.45) is -13.3. The lowest BCUT2D eigenvalue weighted by Crippen LogP contribution is -2.65. The van der Waals surface area contributed by atoms with E-state index in [0.717, 1.165) is 0 Å². The molecule has 1 aliphatic rings. The number of nitrogens with one attached hydrogen (secondary N) is 1. The van der Waals surface area contributed by atoms with Crippen LogP contribution >= 0.6 is 0 Å². The lowest BCUT2D eigenvalue weighted by Gasteiger charge is -2.40. The number of aliphatic hydroxyl groups is 3. The third-order valence-corrected chi connectivity index (χ3v) is 3.09. The van der Waals surface area contributed by atoms with E-state index < -0.39 is 59.7 Å². The fourth-order valence-corrected chi connectivity index (χ4v) is 1.93. The number of carbonyl (C=O) groups excluding carboxylic acids is 1. The SMILES string of the molecule is O=C(NC1[C@H](O)OC(COS(=O)(=O)O)[C@@H](O)[C@@H]1O)C(F)(F)F. The van der Waals surface area contributed by atoms with Crippen molar-refractivity contribution in [1.29, 1.82) is 0 Å². The summed E-state index contributed by atoms with van der Waals surface area (Å²) in [5.74, 6) is -2.49. The number of hydrogen-bond donors (Lipinski definition) is 5. The molecule has 0 aliphatic carbocycles. The van der Waals surface area contributed by atoms with Crippen molar-refractivity contribution in [2.24, 2.45) is 0 Å². The highest BCUT2D eigenvalue weighted by molar-refractivity contribution is 7.80. The van der Waals surface area contributed by atoms with Crippen LogP contribution in [0.25, 0.3) is 0 Å². The van der Waals surface area contributed by atoms with Gasteiger partial charge < -0.3 is 25.4 Å². The highest BCUT2D eigenvalue weighted by Gasteiger charge is 2.48. The van der Waals surface area contributed by atoms with E-state index in [2.05, 4.69) is 8.92 Å². The van der Waals surface area contributed by atoms with Crippen molar-refractivity contribution in [2.75, 3.05) is 6.61 Å². The molecule has 0 aromatic heterocycles. The number of halogens is 3. The van der Waals surface area contributed by atoms with Crippen LogP contribution in [0.2, 0.25) is 0 Å². The number of carbonyl (C=O) groups is 1. The van der Waals surface area contributed by atoms with Gasteiger partial charge in [0.2, 0.25) is 0 Å². The second kappa shape index (κ2) is 6.61. The lowest BCUT2D eigenvalue weighted by molar-refractivity contribution is -0.254. The normalized spacial score (nSPS) is 33.5. The van der Waals surface area contributed by atoms with Gasteiger partial charge in [0.1, 0.15) is 24.4 Å². The Hall–Kier alpha value is -1.03. The first-order chi connectivity index (χ1) is 9.83. The van der Waals surface area contributed by atoms with Crippen molar-refractivity contribution in [2.45, 2.75) is 36.8 Å². The Bertz CT molecular complexity index is 509. The number of rotatable bonds is 4. The summed E-state index contributed by atoms with van der Waals surface area (Å²) in [6.45, 7) is -1.03. The molecule has 0 radical (unpaired) electrons. The lowest BCUT2D eigenvalue weighted by atomic mass is 9.97. The van der Waals surface area contributed by atoms with Crippen molar-refractivity contribution in [3.63, 3.8) is 0 Å². The number of ether oxygens (including phenoxy) is 1. The summed E-state index contributed by atoms with van der Waals surface area (Å²) in [4.78, 5) is 10.7. The van der Waals surface area contributed by atoms with Crippen LogP contribution in [0.15, 0.2) is 0 Å². The summed E-state index contributed by atoms with van der Waals surface area (Å²) < 4.78 is 73.7. The largest absolute Gasteiger partial charge is 0.471 e. The van der Waals surface area contributed by atoms with E-state index in [-0.39, 0.29) is 0 Å². The van der Waals surface area contributed by atoms with Gasteiger partial charge in [-0.25, -0.2) is 4.18 Å². The Morgan fingerprint density at radius 1 is 1.23 bits per heavy atom. The molecule has 130 valence electrons. The quantitative estimate of drug-likeness (QED) is 0.337. The molecule has 1 rings (SSSR count). The van der Waals surface area contributed by atoms with Gasteiger partial charge in [-0.2, -0.15) is 21.6 Å². The summed E-state index contributed by atoms with van der Waals surface area (Å²) in [5.41, 5.74) is 0. The molecular formula is C8H12F3NO9S. The minimum atomic E-state index is -5.30. The fraction of sp³-hybridized carbons (Fsp3) is 0.875. The van der Waals surface area contributed by atoms with Gasteiger partial charge in [-0.1, -0.05) is 0 Å². The van der Waals surface area contributed by atoms with Crippen LogP contribution in [-0.2, 0) is 24.1 Å². The average molecular weight is 355 g/mol. The van der Waals surface area contributed by atoms with Gasteiger partial charge in [-0.3, -0.25) is 9.35 Å². The van der Waals surface area contributed by atoms with Crippen LogP contribution in [0.3, 0.4) is 0 Å². The fourth-order valence-electron chi connectivity index (χ4n) is 1.63. The van der Waals surface area contributed by atoms with Crippen LogP contribution < -0.4 is 5.32 Å². The van der Waals surface area contributed by atoms with E-state index in [1.807, 2.05) is 0 Å². The van der Waals surface area contributed by atoms with Crippen LogP contribution in [0.4, 0.5) is 13.2 Å². The van der Waals surface area contributed by atoms with Gasteiger partial charge in [-0.15, -0.1) is 0 Å². The Morgan fingerprint density at radius 3 is 2.23 bits per heavy atom. The molecule has 0 bridgehead atoms. The minimum absolute atomic E-state index is 1.03. The van der Waals surface area contributed by atoms with Crippen molar-refractivity contribution < 1.29 is 55.2 Å². The maximum absolute atomic E-state index is 12.1. The van der Waals surface area contributed by atoms with Crippen LogP contribution in [0.1, 0.15) is 0 Å². The molecule has 0 aromatic rings. The zero-order valence-electron chi connectivity index (χ0n) is 10.5. The molecule has 1 fully saturated rings. The summed E-state index contributed by atoms with van der Waals surface area (Å²) in [6, 6.07) is -2.02. The first-order valence-corrected chi connectivity index (χ1v) is 6.88. The molecule has 2 unspecified atom stereocenters. The minimum Gasteiger partial charge on any atom is -0.388 e. The first kappa shape index (κ1) is 19.0. The number of amides is 1. The predicted octanol–water partition coefficient (Wildman–Crippen LogP) is -2.71. The second-order valence-corrected chi connectivity index (χ2v) is 5.35. The second-order valence-electron chi connectivity index (χ2n) is 4.26. The van der Waals surface area contributed by atoms with E-state index in [1.54, 1.807) is 0 Å². The summed E-state index contributed by atoms with van der Waals surface area (Å²) in [7, 11) is -4.91. The van der Waals surface area contributed by atoms with E-state index >= 15 is 0 Å². The van der Waals surface area contributed by atoms with Gasteiger partial charge in [0.25, 0.3) is 0 Å². The molecule has 0 spiro atoms. The zero-order chi connectivity index (χ0) is 17.3. The van der Waals surface area contributed by atoms with Crippen molar-refractivity contribution in [3.05, 3.63) is 0 Å². The van der Waals surface area contributed by atoms with Crippen LogP contribution in [0, 0.1) is 0 Å². The van der Waals surface area contributed by atoms with Crippen molar-refractivity contribution in [3.8, 4) is 0 Å². The average Bonchev–Trinajstić information content (AvgIpc) is 2.34. The van der Waals surface area contributed by atoms with E-state index in [0.29, 0.717) is 0 Å². The molecule has 5 N–H and O–H groups in total. The van der Waals surface area contributed by atoms with Crippen molar-refractivity contribution >= 4 is 16.3 Å². The predicted molar refractivity (Wildman–Crippen MR) is 58.4 cm³/mol. The van der Waals surface area contributed by atoms with Gasteiger partial charge in [0, 0.05) is 0 Å². The highest BCUT2D eigenvalue weighted by atomic mass is 32.3. The molecule has 10 nitrogen and oxygen atoms in total. The number of aliphatic hydroxyl groups excluding tert-OH is 3. The molecule has 0 saturated carbocycles. The van der Waals surface area contributed by atoms with Crippen molar-refractivity contribution in [1.82, 2.24) is 5.32 Å². The summed E-state index contributed by atoms with van der Waals surface area (Å²) >= 11 is 0. The number of alkyl halides is 3. The zero-order valence-corrected chi connectivity index (χ0v) is 11.3. The molecule has 1 saturated heterocycles. The van der Waals surface area contributed by atoms with Gasteiger partial charge in [-0.05, 0) is 0 Å². The van der Waals surface area contributed by atoms with Gasteiger partial charge >= 0.3 is 22.5 Å². The van der Waals surface area contributed by atoms with E-state index in [9.17, 15) is 41.7 Å². The van der Waals surface area contributed by atoms with E-state index in [4.69, 9.17) is 4.55 Å². The highest BCUT2D eigenvalue weighted by Crippen LogP contribution is 2.22. The molecular weight excluding hydrogens is 343 g/mol. The van der Waals surface area contributed by atoms with Crippen LogP contribution in [-0.4, -0.2) is 77.6 Å².